The highest BCUT2D eigenvalue weighted by Gasteiger charge is 2.42. The van der Waals surface area contributed by atoms with Crippen LogP contribution in [0.3, 0.4) is 0 Å². The Labute approximate surface area is 115 Å². The van der Waals surface area contributed by atoms with Crippen molar-refractivity contribution in [3.8, 4) is 0 Å². The number of carbonyl (C=O) groups excluding carboxylic acids is 1. The molecule has 0 spiro atoms. The first-order valence-electron chi connectivity index (χ1n) is 6.70. The van der Waals surface area contributed by atoms with Gasteiger partial charge in [-0.25, -0.2) is 0 Å². The number of rotatable bonds is 2. The van der Waals surface area contributed by atoms with E-state index in [-0.39, 0.29) is 11.9 Å². The van der Waals surface area contributed by atoms with Crippen molar-refractivity contribution in [2.75, 3.05) is 6.54 Å². The van der Waals surface area contributed by atoms with Crippen molar-refractivity contribution >= 4 is 17.2 Å². The molecule has 0 bridgehead atoms. The highest BCUT2D eigenvalue weighted by atomic mass is 32.1. The van der Waals surface area contributed by atoms with Crippen LogP contribution in [0.1, 0.15) is 39.7 Å². The van der Waals surface area contributed by atoms with E-state index in [2.05, 4.69) is 26.5 Å². The average molecular weight is 273 g/mol. The molecule has 4 rings (SSSR count). The maximum atomic E-state index is 12.6. The Morgan fingerprint density at radius 3 is 3.11 bits per heavy atom. The van der Waals surface area contributed by atoms with Gasteiger partial charge in [0.05, 0.1) is 17.8 Å². The number of amides is 1. The summed E-state index contributed by atoms with van der Waals surface area (Å²) in [6, 6.07) is 2.50. The van der Waals surface area contributed by atoms with Crippen LogP contribution in [0.2, 0.25) is 0 Å². The smallest absolute Gasteiger partial charge is 0.257 e. The second-order valence-corrected chi connectivity index (χ2v) is 6.32. The molecular weight excluding hydrogens is 258 g/mol. The third-order valence-electron chi connectivity index (χ3n) is 4.09. The van der Waals surface area contributed by atoms with Crippen molar-refractivity contribution in [1.29, 1.82) is 0 Å². The number of hydrogen-bond acceptors (Lipinski definition) is 3. The van der Waals surface area contributed by atoms with Gasteiger partial charge in [-0.2, -0.15) is 5.10 Å². The van der Waals surface area contributed by atoms with Gasteiger partial charge in [-0.15, -0.1) is 11.3 Å². The first kappa shape index (κ1) is 11.2. The summed E-state index contributed by atoms with van der Waals surface area (Å²) in [6.45, 7) is 0.832. The van der Waals surface area contributed by atoms with Crippen molar-refractivity contribution in [1.82, 2.24) is 15.1 Å². The van der Waals surface area contributed by atoms with Crippen molar-refractivity contribution in [3.63, 3.8) is 0 Å². The van der Waals surface area contributed by atoms with E-state index < -0.39 is 0 Å². The van der Waals surface area contributed by atoms with Gasteiger partial charge >= 0.3 is 0 Å². The minimum atomic E-state index is 0.113. The lowest BCUT2D eigenvalue weighted by Gasteiger charge is -2.36. The van der Waals surface area contributed by atoms with Crippen LogP contribution in [0.5, 0.6) is 0 Å². The van der Waals surface area contributed by atoms with E-state index >= 15 is 0 Å². The molecular formula is C14H15N3OS. The molecule has 3 heterocycles. The molecule has 0 radical (unpaired) electrons. The second-order valence-electron chi connectivity index (χ2n) is 5.32. The van der Waals surface area contributed by atoms with E-state index in [0.29, 0.717) is 11.5 Å². The monoisotopic (exact) mass is 273 g/mol. The lowest BCUT2D eigenvalue weighted by molar-refractivity contribution is 0.0637. The molecule has 1 fully saturated rings. The molecule has 5 heteroatoms. The van der Waals surface area contributed by atoms with Gasteiger partial charge in [0.15, 0.2) is 0 Å². The molecule has 1 saturated carbocycles. The Bertz CT molecular complexity index is 600. The van der Waals surface area contributed by atoms with Gasteiger partial charge in [-0.1, -0.05) is 0 Å². The van der Waals surface area contributed by atoms with E-state index in [0.717, 1.165) is 13.0 Å². The van der Waals surface area contributed by atoms with Crippen molar-refractivity contribution < 1.29 is 4.79 Å². The molecule has 1 N–H and O–H groups in total. The van der Waals surface area contributed by atoms with E-state index in [1.165, 1.54) is 23.3 Å². The number of hydrogen-bond donors (Lipinski definition) is 1. The van der Waals surface area contributed by atoms with Gasteiger partial charge in [0, 0.05) is 17.6 Å². The van der Waals surface area contributed by atoms with Crippen LogP contribution in [-0.2, 0) is 6.42 Å². The van der Waals surface area contributed by atoms with Gasteiger partial charge in [0.25, 0.3) is 5.91 Å². The fourth-order valence-corrected chi connectivity index (χ4v) is 3.94. The number of thiophene rings is 1. The topological polar surface area (TPSA) is 49.0 Å². The normalized spacial score (nSPS) is 22.3. The Balaban J connectivity index is 1.70. The SMILES string of the molecule is O=C(c1cn[nH]c1)N1CCc2sccc2C1C1CC1. The summed E-state index contributed by atoms with van der Waals surface area (Å²) in [4.78, 5) is 16.1. The number of aromatic nitrogens is 2. The van der Waals surface area contributed by atoms with Crippen LogP contribution in [0, 0.1) is 5.92 Å². The average Bonchev–Trinajstić information content (AvgIpc) is 2.95. The Morgan fingerprint density at radius 2 is 2.37 bits per heavy atom. The zero-order chi connectivity index (χ0) is 12.8. The molecule has 19 heavy (non-hydrogen) atoms. The van der Waals surface area contributed by atoms with Gasteiger partial charge < -0.3 is 4.90 Å². The molecule has 1 aliphatic heterocycles. The quantitative estimate of drug-likeness (QED) is 0.914. The maximum absolute atomic E-state index is 12.6. The van der Waals surface area contributed by atoms with Gasteiger partial charge in [-0.3, -0.25) is 9.89 Å². The molecule has 0 aromatic carbocycles. The predicted molar refractivity (Wildman–Crippen MR) is 73.1 cm³/mol. The largest absolute Gasteiger partial charge is 0.331 e. The molecule has 0 saturated heterocycles. The van der Waals surface area contributed by atoms with Gasteiger partial charge in [-0.05, 0) is 42.2 Å². The van der Waals surface area contributed by atoms with Crippen LogP contribution >= 0.6 is 11.3 Å². The zero-order valence-electron chi connectivity index (χ0n) is 10.5. The number of fused-ring (bicyclic) bond motifs is 1. The van der Waals surface area contributed by atoms with E-state index in [1.807, 2.05) is 11.3 Å². The summed E-state index contributed by atoms with van der Waals surface area (Å²) in [6.07, 6.45) is 6.79. The zero-order valence-corrected chi connectivity index (χ0v) is 11.3. The number of nitrogens with zero attached hydrogens (tertiary/aromatic N) is 2. The van der Waals surface area contributed by atoms with Gasteiger partial charge in [0.1, 0.15) is 0 Å². The summed E-state index contributed by atoms with van der Waals surface area (Å²) in [5, 5.41) is 8.77. The van der Waals surface area contributed by atoms with Gasteiger partial charge in [0.2, 0.25) is 0 Å². The Morgan fingerprint density at radius 1 is 1.47 bits per heavy atom. The molecule has 4 nitrogen and oxygen atoms in total. The lowest BCUT2D eigenvalue weighted by atomic mass is 9.95. The lowest BCUT2D eigenvalue weighted by Crippen LogP contribution is -2.40. The fraction of sp³-hybridized carbons (Fsp3) is 0.429. The van der Waals surface area contributed by atoms with Crippen LogP contribution in [0.25, 0.3) is 0 Å². The second kappa shape index (κ2) is 4.20. The summed E-state index contributed by atoms with van der Waals surface area (Å²) in [5.41, 5.74) is 2.06. The van der Waals surface area contributed by atoms with Crippen molar-refractivity contribution in [2.24, 2.45) is 5.92 Å². The standard InChI is InChI=1S/C14H15N3OS/c18-14(10-7-15-16-8-10)17-5-3-12-11(4-6-19-12)13(17)9-1-2-9/h4,6-9,13H,1-3,5H2,(H,15,16). The van der Waals surface area contributed by atoms with Crippen molar-refractivity contribution in [3.05, 3.63) is 39.8 Å². The molecule has 2 aromatic heterocycles. The third-order valence-corrected chi connectivity index (χ3v) is 5.09. The Kier molecular flexibility index (Phi) is 2.48. The highest BCUT2D eigenvalue weighted by Crippen LogP contribution is 2.48. The van der Waals surface area contributed by atoms with E-state index in [9.17, 15) is 4.79 Å². The van der Waals surface area contributed by atoms with Crippen LogP contribution in [-0.4, -0.2) is 27.5 Å². The first-order chi connectivity index (χ1) is 9.34. The highest BCUT2D eigenvalue weighted by molar-refractivity contribution is 7.10. The van der Waals surface area contributed by atoms with Crippen LogP contribution in [0.4, 0.5) is 0 Å². The van der Waals surface area contributed by atoms with Crippen LogP contribution < -0.4 is 0 Å². The predicted octanol–water partition coefficient (Wildman–Crippen LogP) is 2.62. The summed E-state index contributed by atoms with van der Waals surface area (Å²) >= 11 is 1.83. The number of H-pyrrole nitrogens is 1. The van der Waals surface area contributed by atoms with Crippen molar-refractivity contribution in [2.45, 2.75) is 25.3 Å². The van der Waals surface area contributed by atoms with E-state index in [1.54, 1.807) is 12.4 Å². The molecule has 1 amide bonds. The minimum Gasteiger partial charge on any atom is -0.331 e. The molecule has 2 aromatic rings. The summed E-state index contributed by atoms with van der Waals surface area (Å²) in [5.74, 6) is 0.770. The Hall–Kier alpha value is -1.62. The number of nitrogens with one attached hydrogen (secondary N) is 1. The minimum absolute atomic E-state index is 0.113. The first-order valence-corrected chi connectivity index (χ1v) is 7.58. The van der Waals surface area contributed by atoms with E-state index in [4.69, 9.17) is 0 Å². The fourth-order valence-electron chi connectivity index (χ4n) is 3.03. The third kappa shape index (κ3) is 1.80. The molecule has 98 valence electrons. The molecule has 2 aliphatic rings. The molecule has 1 atom stereocenters. The molecule has 1 aliphatic carbocycles. The molecule has 1 unspecified atom stereocenters. The maximum Gasteiger partial charge on any atom is 0.257 e. The number of aromatic amines is 1. The summed E-state index contributed by atoms with van der Waals surface area (Å²) < 4.78 is 0. The number of carbonyl (C=O) groups is 1. The van der Waals surface area contributed by atoms with Crippen LogP contribution in [0.15, 0.2) is 23.8 Å². The summed E-state index contributed by atoms with van der Waals surface area (Å²) in [7, 11) is 0.